The van der Waals surface area contributed by atoms with Gasteiger partial charge in [0.15, 0.2) is 0 Å². The molecule has 0 radical (unpaired) electrons. The van der Waals surface area contributed by atoms with Gasteiger partial charge in [-0.15, -0.1) is 0 Å². The fourth-order valence-electron chi connectivity index (χ4n) is 4.22. The van der Waals surface area contributed by atoms with Crippen molar-refractivity contribution in [3.05, 3.63) is 120 Å². The molecule has 0 aliphatic heterocycles. The number of benzene rings is 4. The fourth-order valence-corrected chi connectivity index (χ4v) is 4.22. The minimum absolute atomic E-state index is 0.103. The Labute approximate surface area is 188 Å². The van der Waals surface area contributed by atoms with E-state index >= 15 is 0 Å². The number of aryl methyl sites for hydroxylation is 1. The van der Waals surface area contributed by atoms with E-state index in [1.54, 1.807) is 0 Å². The van der Waals surface area contributed by atoms with Crippen molar-refractivity contribution in [1.82, 2.24) is 9.78 Å². The summed E-state index contributed by atoms with van der Waals surface area (Å²) in [4.78, 5) is 0. The van der Waals surface area contributed by atoms with Gasteiger partial charge < -0.3 is 5.11 Å². The molecule has 0 saturated heterocycles. The lowest BCUT2D eigenvalue weighted by Crippen LogP contribution is -1.99. The Morgan fingerprint density at radius 3 is 2.00 bits per heavy atom. The van der Waals surface area contributed by atoms with E-state index in [1.165, 1.54) is 5.56 Å². The van der Waals surface area contributed by atoms with Gasteiger partial charge in [-0.3, -0.25) is 0 Å². The van der Waals surface area contributed by atoms with Gasteiger partial charge in [-0.1, -0.05) is 103 Å². The van der Waals surface area contributed by atoms with Crippen LogP contribution in [0.15, 0.2) is 109 Å². The molecule has 0 fully saturated rings. The highest BCUT2D eigenvalue weighted by atomic mass is 16.3. The van der Waals surface area contributed by atoms with Crippen molar-refractivity contribution in [2.45, 2.75) is 13.5 Å². The van der Waals surface area contributed by atoms with E-state index < -0.39 is 0 Å². The second kappa shape index (κ2) is 8.66. The third-order valence-corrected chi connectivity index (χ3v) is 5.70. The Morgan fingerprint density at radius 1 is 0.688 bits per heavy atom. The normalized spacial score (nSPS) is 10.9. The minimum Gasteiger partial charge on any atom is -0.392 e. The third kappa shape index (κ3) is 3.64. The molecule has 1 aromatic heterocycles. The van der Waals surface area contributed by atoms with Crippen molar-refractivity contribution in [2.75, 3.05) is 0 Å². The molecule has 0 aliphatic carbocycles. The van der Waals surface area contributed by atoms with Crippen molar-refractivity contribution in [2.24, 2.45) is 0 Å². The Morgan fingerprint density at radius 2 is 1.31 bits per heavy atom. The van der Waals surface area contributed by atoms with Crippen LogP contribution in [0.2, 0.25) is 0 Å². The summed E-state index contributed by atoms with van der Waals surface area (Å²) >= 11 is 0. The van der Waals surface area contributed by atoms with Crippen molar-refractivity contribution in [3.63, 3.8) is 0 Å². The Balaban J connectivity index is 1.80. The van der Waals surface area contributed by atoms with E-state index in [0.29, 0.717) is 0 Å². The highest BCUT2D eigenvalue weighted by Crippen LogP contribution is 2.38. The maximum absolute atomic E-state index is 10.5. The topological polar surface area (TPSA) is 38.0 Å². The minimum atomic E-state index is -0.103. The first-order valence-electron chi connectivity index (χ1n) is 10.8. The summed E-state index contributed by atoms with van der Waals surface area (Å²) in [6.07, 6.45) is 0. The van der Waals surface area contributed by atoms with Gasteiger partial charge in [0.1, 0.15) is 0 Å². The van der Waals surface area contributed by atoms with E-state index in [-0.39, 0.29) is 6.61 Å². The van der Waals surface area contributed by atoms with Crippen molar-refractivity contribution < 1.29 is 5.11 Å². The maximum atomic E-state index is 10.5. The predicted octanol–water partition coefficient (Wildman–Crippen LogP) is 6.67. The number of hydrogen-bond donors (Lipinski definition) is 1. The summed E-state index contributed by atoms with van der Waals surface area (Å²) < 4.78 is 1.95. The van der Waals surface area contributed by atoms with Crippen LogP contribution in [0.3, 0.4) is 0 Å². The smallest absolute Gasteiger partial charge is 0.0995 e. The van der Waals surface area contributed by atoms with Crippen LogP contribution in [0.4, 0.5) is 0 Å². The molecule has 0 atom stereocenters. The molecule has 0 unspecified atom stereocenters. The number of nitrogens with zero attached hydrogens (tertiary/aromatic N) is 2. The quantitative estimate of drug-likeness (QED) is 0.347. The van der Waals surface area contributed by atoms with Crippen molar-refractivity contribution in [3.8, 4) is 39.3 Å². The zero-order chi connectivity index (χ0) is 21.9. The zero-order valence-corrected chi connectivity index (χ0v) is 17.9. The van der Waals surface area contributed by atoms with Crippen molar-refractivity contribution >= 4 is 0 Å². The van der Waals surface area contributed by atoms with Crippen LogP contribution in [0.1, 0.15) is 11.1 Å². The Kier molecular flexibility index (Phi) is 5.40. The van der Waals surface area contributed by atoms with Gasteiger partial charge in [0.2, 0.25) is 0 Å². The lowest BCUT2D eigenvalue weighted by atomic mass is 9.94. The van der Waals surface area contributed by atoms with Gasteiger partial charge >= 0.3 is 0 Å². The molecule has 3 nitrogen and oxygen atoms in total. The molecule has 0 aliphatic rings. The lowest BCUT2D eigenvalue weighted by Gasteiger charge is -2.10. The Bertz CT molecular complexity index is 1350. The van der Waals surface area contributed by atoms with Gasteiger partial charge in [0.05, 0.1) is 23.7 Å². The number of rotatable bonds is 5. The third-order valence-electron chi connectivity index (χ3n) is 5.70. The number of aliphatic hydroxyl groups is 1. The van der Waals surface area contributed by atoms with Crippen LogP contribution >= 0.6 is 0 Å². The summed E-state index contributed by atoms with van der Waals surface area (Å²) in [6, 6.07) is 37.0. The predicted molar refractivity (Wildman–Crippen MR) is 131 cm³/mol. The average Bonchev–Trinajstić information content (AvgIpc) is 3.25. The molecule has 3 heteroatoms. The summed E-state index contributed by atoms with van der Waals surface area (Å²) in [5, 5.41) is 15.6. The molecule has 0 spiro atoms. The molecular weight excluding hydrogens is 392 g/mol. The van der Waals surface area contributed by atoms with E-state index in [1.807, 2.05) is 65.3 Å². The fraction of sp³-hybridized carbons (Fsp3) is 0.0690. The second-order valence-electron chi connectivity index (χ2n) is 7.86. The molecule has 5 rings (SSSR count). The molecule has 32 heavy (non-hydrogen) atoms. The van der Waals surface area contributed by atoms with Crippen molar-refractivity contribution in [1.29, 1.82) is 0 Å². The van der Waals surface area contributed by atoms with Crippen LogP contribution in [0.25, 0.3) is 39.3 Å². The standard InChI is InChI=1S/C29H24N2O/c1-21-11-10-14-23(19-21)25-17-8-9-18-26(25)28-27(20-32)29(22-12-4-2-5-13-22)31(30-28)24-15-6-3-7-16-24/h2-19,32H,20H2,1H3. The van der Waals surface area contributed by atoms with Gasteiger partial charge in [-0.25, -0.2) is 4.68 Å². The molecular formula is C29H24N2O. The largest absolute Gasteiger partial charge is 0.392 e. The number of aliphatic hydroxyl groups excluding tert-OH is 1. The SMILES string of the molecule is Cc1cccc(-c2ccccc2-c2nn(-c3ccccc3)c(-c3ccccc3)c2CO)c1. The first-order chi connectivity index (χ1) is 15.8. The Hall–Kier alpha value is -3.95. The van der Waals surface area contributed by atoms with Gasteiger partial charge in [0.25, 0.3) is 0 Å². The molecule has 1 heterocycles. The summed E-state index contributed by atoms with van der Waals surface area (Å²) in [5.74, 6) is 0. The maximum Gasteiger partial charge on any atom is 0.0995 e. The lowest BCUT2D eigenvalue weighted by molar-refractivity contribution is 0.283. The monoisotopic (exact) mass is 416 g/mol. The number of hydrogen-bond acceptors (Lipinski definition) is 2. The highest BCUT2D eigenvalue weighted by molar-refractivity contribution is 5.86. The van der Waals surface area contributed by atoms with Gasteiger partial charge in [0, 0.05) is 16.7 Å². The van der Waals surface area contributed by atoms with Gasteiger partial charge in [-0.05, 0) is 30.2 Å². The number of para-hydroxylation sites is 1. The van der Waals surface area contributed by atoms with Crippen LogP contribution in [0, 0.1) is 6.92 Å². The summed E-state index contributed by atoms with van der Waals surface area (Å²) in [6.45, 7) is 2.00. The number of aromatic nitrogens is 2. The second-order valence-corrected chi connectivity index (χ2v) is 7.86. The first-order valence-corrected chi connectivity index (χ1v) is 10.8. The molecule has 1 N–H and O–H groups in total. The van der Waals surface area contributed by atoms with E-state index in [2.05, 4.69) is 55.5 Å². The van der Waals surface area contributed by atoms with Gasteiger partial charge in [-0.2, -0.15) is 5.10 Å². The van der Waals surface area contributed by atoms with E-state index in [4.69, 9.17) is 5.10 Å². The molecule has 5 aromatic rings. The molecule has 0 amide bonds. The molecule has 4 aromatic carbocycles. The van der Waals surface area contributed by atoms with E-state index in [0.717, 1.165) is 44.9 Å². The summed E-state index contributed by atoms with van der Waals surface area (Å²) in [7, 11) is 0. The molecule has 0 bridgehead atoms. The highest BCUT2D eigenvalue weighted by Gasteiger charge is 2.22. The van der Waals surface area contributed by atoms with Crippen LogP contribution in [-0.4, -0.2) is 14.9 Å². The van der Waals surface area contributed by atoms with Crippen LogP contribution < -0.4 is 0 Å². The summed E-state index contributed by atoms with van der Waals surface area (Å²) in [5.41, 5.74) is 8.96. The van der Waals surface area contributed by atoms with E-state index in [9.17, 15) is 5.11 Å². The average molecular weight is 417 g/mol. The molecule has 156 valence electrons. The van der Waals surface area contributed by atoms with Crippen LogP contribution in [0.5, 0.6) is 0 Å². The van der Waals surface area contributed by atoms with Crippen LogP contribution in [-0.2, 0) is 6.61 Å². The first kappa shape index (κ1) is 20.0. The zero-order valence-electron chi connectivity index (χ0n) is 17.9. The molecule has 0 saturated carbocycles.